The number of hydrogen-bond donors (Lipinski definition) is 1. The highest BCUT2D eigenvalue weighted by atomic mass is 16.5. The molecule has 2 aromatic rings. The number of esters is 1. The second kappa shape index (κ2) is 7.42. The smallest absolute Gasteiger partial charge is 0.359 e. The summed E-state index contributed by atoms with van der Waals surface area (Å²) < 4.78 is 5.13. The molecule has 1 heterocycles. The van der Waals surface area contributed by atoms with E-state index in [1.54, 1.807) is 6.92 Å². The monoisotopic (exact) mass is 341 g/mol. The van der Waals surface area contributed by atoms with Gasteiger partial charge in [0.1, 0.15) is 0 Å². The summed E-state index contributed by atoms with van der Waals surface area (Å²) in [4.78, 5) is 32.1. The van der Waals surface area contributed by atoms with Gasteiger partial charge in [0.05, 0.1) is 11.9 Å². The molecule has 6 nitrogen and oxygen atoms in total. The third-order valence-corrected chi connectivity index (χ3v) is 3.66. The van der Waals surface area contributed by atoms with E-state index in [1.807, 2.05) is 24.3 Å². The van der Waals surface area contributed by atoms with Crippen molar-refractivity contribution in [2.24, 2.45) is 0 Å². The van der Waals surface area contributed by atoms with Crippen LogP contribution in [0.2, 0.25) is 0 Å². The van der Waals surface area contributed by atoms with E-state index in [0.717, 1.165) is 0 Å². The molecule has 0 radical (unpaired) electrons. The van der Waals surface area contributed by atoms with Crippen LogP contribution >= 0.6 is 0 Å². The summed E-state index contributed by atoms with van der Waals surface area (Å²) in [6, 6.07) is 7.60. The van der Waals surface area contributed by atoms with Gasteiger partial charge in [0, 0.05) is 11.9 Å². The van der Waals surface area contributed by atoms with Crippen LogP contribution in [0.4, 0.5) is 5.69 Å². The maximum Gasteiger partial charge on any atom is 0.359 e. The Hall–Kier alpha value is -2.76. The Balaban J connectivity index is 1.95. The molecule has 0 aliphatic rings. The van der Waals surface area contributed by atoms with E-state index >= 15 is 0 Å². The number of nitrogens with zero attached hydrogens (tertiary/aromatic N) is 2. The highest BCUT2D eigenvalue weighted by molar-refractivity contribution is 5.96. The summed E-state index contributed by atoms with van der Waals surface area (Å²) >= 11 is 0. The van der Waals surface area contributed by atoms with E-state index in [0.29, 0.717) is 11.4 Å². The number of ether oxygens (including phenoxy) is 1. The molecule has 0 aliphatic carbocycles. The van der Waals surface area contributed by atoms with Crippen LogP contribution in [0, 0.1) is 6.92 Å². The number of carbonyl (C=O) groups is 2. The number of rotatable bonds is 4. The Morgan fingerprint density at radius 3 is 2.24 bits per heavy atom. The van der Waals surface area contributed by atoms with Crippen molar-refractivity contribution < 1.29 is 14.3 Å². The molecule has 2 rings (SSSR count). The molecule has 0 aliphatic heterocycles. The molecule has 1 atom stereocenters. The number of anilines is 1. The van der Waals surface area contributed by atoms with Crippen LogP contribution in [0.15, 0.2) is 36.7 Å². The van der Waals surface area contributed by atoms with E-state index in [2.05, 4.69) is 36.1 Å². The third kappa shape index (κ3) is 5.11. The van der Waals surface area contributed by atoms with Crippen LogP contribution < -0.4 is 5.32 Å². The molecule has 132 valence electrons. The zero-order valence-electron chi connectivity index (χ0n) is 15.2. The van der Waals surface area contributed by atoms with Gasteiger partial charge in [-0.15, -0.1) is 0 Å². The van der Waals surface area contributed by atoms with Crippen LogP contribution in [0.1, 0.15) is 49.4 Å². The predicted molar refractivity (Wildman–Crippen MR) is 95.4 cm³/mol. The normalized spacial score (nSPS) is 12.4. The van der Waals surface area contributed by atoms with E-state index in [9.17, 15) is 9.59 Å². The lowest BCUT2D eigenvalue weighted by atomic mass is 9.87. The number of aromatic nitrogens is 2. The number of benzene rings is 1. The number of carbonyl (C=O) groups excluding carboxylic acids is 2. The minimum absolute atomic E-state index is 0.0421. The third-order valence-electron chi connectivity index (χ3n) is 3.66. The van der Waals surface area contributed by atoms with Crippen LogP contribution in [0.5, 0.6) is 0 Å². The molecule has 0 unspecified atom stereocenters. The van der Waals surface area contributed by atoms with Crippen LogP contribution in [-0.4, -0.2) is 27.9 Å². The maximum absolute atomic E-state index is 12.2. The van der Waals surface area contributed by atoms with E-state index in [4.69, 9.17) is 4.74 Å². The Labute approximate surface area is 147 Å². The largest absolute Gasteiger partial charge is 0.448 e. The summed E-state index contributed by atoms with van der Waals surface area (Å²) in [5.41, 5.74) is 2.63. The summed E-state index contributed by atoms with van der Waals surface area (Å²) in [5.74, 6) is -1.09. The minimum Gasteiger partial charge on any atom is -0.448 e. The molecule has 1 N–H and O–H groups in total. The Kier molecular flexibility index (Phi) is 5.51. The molecular formula is C19H23N3O3. The Morgan fingerprint density at radius 1 is 1.08 bits per heavy atom. The summed E-state index contributed by atoms with van der Waals surface area (Å²) in [6.07, 6.45) is 1.85. The molecular weight excluding hydrogens is 318 g/mol. The van der Waals surface area contributed by atoms with Crippen molar-refractivity contribution in [3.63, 3.8) is 0 Å². The van der Waals surface area contributed by atoms with E-state index < -0.39 is 18.0 Å². The molecule has 0 saturated carbocycles. The van der Waals surface area contributed by atoms with Gasteiger partial charge in [-0.1, -0.05) is 32.9 Å². The molecule has 0 fully saturated rings. The molecule has 0 saturated heterocycles. The number of aryl methyl sites for hydroxylation is 1. The second-order valence-electron chi connectivity index (χ2n) is 6.91. The molecule has 1 aromatic carbocycles. The zero-order chi connectivity index (χ0) is 18.6. The fourth-order valence-electron chi connectivity index (χ4n) is 2.07. The maximum atomic E-state index is 12.2. The Morgan fingerprint density at radius 2 is 1.72 bits per heavy atom. The van der Waals surface area contributed by atoms with Gasteiger partial charge in [-0.05, 0) is 37.0 Å². The van der Waals surface area contributed by atoms with E-state index in [1.165, 1.54) is 24.9 Å². The van der Waals surface area contributed by atoms with Crippen molar-refractivity contribution in [3.05, 3.63) is 53.6 Å². The van der Waals surface area contributed by atoms with Crippen LogP contribution in [0.25, 0.3) is 0 Å². The molecule has 6 heteroatoms. The first kappa shape index (κ1) is 18.6. The van der Waals surface area contributed by atoms with Crippen molar-refractivity contribution in [2.45, 2.75) is 46.1 Å². The fraction of sp³-hybridized carbons (Fsp3) is 0.368. The first-order chi connectivity index (χ1) is 11.7. The van der Waals surface area contributed by atoms with Gasteiger partial charge in [-0.25, -0.2) is 9.78 Å². The van der Waals surface area contributed by atoms with Gasteiger partial charge in [-0.2, -0.15) is 0 Å². The average Bonchev–Trinajstić information content (AvgIpc) is 2.55. The first-order valence-electron chi connectivity index (χ1n) is 8.08. The van der Waals surface area contributed by atoms with Crippen LogP contribution in [-0.2, 0) is 14.9 Å². The summed E-state index contributed by atoms with van der Waals surface area (Å²) in [5, 5.41) is 2.73. The molecule has 1 amide bonds. The van der Waals surface area contributed by atoms with Crippen molar-refractivity contribution >= 4 is 17.6 Å². The predicted octanol–water partition coefficient (Wildman–Crippen LogP) is 3.27. The lowest BCUT2D eigenvalue weighted by Crippen LogP contribution is -2.30. The SMILES string of the molecule is Cc1cnc(C(=O)O[C@@H](C)C(=O)Nc2ccc(C(C)(C)C)cc2)cn1. The zero-order valence-corrected chi connectivity index (χ0v) is 15.2. The van der Waals surface area contributed by atoms with Crippen molar-refractivity contribution in [2.75, 3.05) is 5.32 Å². The first-order valence-corrected chi connectivity index (χ1v) is 8.08. The topological polar surface area (TPSA) is 81.2 Å². The standard InChI is InChI=1S/C19H23N3O3/c1-12-10-21-16(11-20-12)18(24)25-13(2)17(23)22-15-8-6-14(7-9-15)19(3,4)5/h6-11,13H,1-5H3,(H,22,23)/t13-/m0/s1. The van der Waals surface area contributed by atoms with Gasteiger partial charge in [-0.3, -0.25) is 9.78 Å². The van der Waals surface area contributed by atoms with Gasteiger partial charge in [0.25, 0.3) is 5.91 Å². The lowest BCUT2D eigenvalue weighted by molar-refractivity contribution is -0.123. The summed E-state index contributed by atoms with van der Waals surface area (Å²) in [6.45, 7) is 9.64. The van der Waals surface area contributed by atoms with Gasteiger partial charge >= 0.3 is 5.97 Å². The van der Waals surface area contributed by atoms with Gasteiger partial charge in [0.15, 0.2) is 11.8 Å². The number of hydrogen-bond acceptors (Lipinski definition) is 5. The Bertz CT molecular complexity index is 747. The second-order valence-corrected chi connectivity index (χ2v) is 6.91. The minimum atomic E-state index is -0.946. The molecule has 1 aromatic heterocycles. The van der Waals surface area contributed by atoms with E-state index in [-0.39, 0.29) is 11.1 Å². The quantitative estimate of drug-likeness (QED) is 0.863. The molecule has 0 spiro atoms. The number of amides is 1. The van der Waals surface area contributed by atoms with Crippen LogP contribution in [0.3, 0.4) is 0 Å². The highest BCUT2D eigenvalue weighted by Crippen LogP contribution is 2.23. The number of nitrogens with one attached hydrogen (secondary N) is 1. The molecule has 0 bridgehead atoms. The fourth-order valence-corrected chi connectivity index (χ4v) is 2.07. The van der Waals surface area contributed by atoms with Gasteiger partial charge < -0.3 is 10.1 Å². The average molecular weight is 341 g/mol. The lowest BCUT2D eigenvalue weighted by Gasteiger charge is -2.19. The van der Waals surface area contributed by atoms with Crippen molar-refractivity contribution in [1.29, 1.82) is 0 Å². The van der Waals surface area contributed by atoms with Crippen molar-refractivity contribution in [1.82, 2.24) is 9.97 Å². The summed E-state index contributed by atoms with van der Waals surface area (Å²) in [7, 11) is 0. The highest BCUT2D eigenvalue weighted by Gasteiger charge is 2.20. The molecule has 25 heavy (non-hydrogen) atoms. The van der Waals surface area contributed by atoms with Gasteiger partial charge in [0.2, 0.25) is 0 Å². The van der Waals surface area contributed by atoms with Crippen molar-refractivity contribution in [3.8, 4) is 0 Å².